The molecule has 1 radical (unpaired) electrons. The van der Waals surface area contributed by atoms with Crippen molar-refractivity contribution in [3.8, 4) is 0 Å². The fraction of sp³-hybridized carbons (Fsp3) is 0.417. The molecule has 1 aromatic rings. The lowest BCUT2D eigenvalue weighted by atomic mass is 10.2. The van der Waals surface area contributed by atoms with Crippen LogP contribution in [-0.2, 0) is 6.54 Å². The molecular weight excluding hydrogens is 158 g/mol. The van der Waals surface area contributed by atoms with Crippen LogP contribution in [0.2, 0.25) is 0 Å². The Morgan fingerprint density at radius 2 is 2.00 bits per heavy atom. The topological polar surface area (TPSA) is 3.24 Å². The van der Waals surface area contributed by atoms with Gasteiger partial charge in [0.2, 0.25) is 0 Å². The van der Waals surface area contributed by atoms with Gasteiger partial charge in [0.1, 0.15) is 0 Å². The van der Waals surface area contributed by atoms with Crippen LogP contribution < -0.4 is 0 Å². The van der Waals surface area contributed by atoms with E-state index in [1.54, 1.807) is 5.92 Å². The van der Waals surface area contributed by atoms with Gasteiger partial charge in [0.05, 0.1) is 0 Å². The summed E-state index contributed by atoms with van der Waals surface area (Å²) in [5.41, 5.74) is 1.43. The Morgan fingerprint density at radius 1 is 1.23 bits per heavy atom. The van der Waals surface area contributed by atoms with Gasteiger partial charge in [-0.15, -0.1) is 0 Å². The normalized spacial score (nSPS) is 19.5. The number of hydrogen-bond acceptors (Lipinski definition) is 1. The maximum Gasteiger partial charge on any atom is 0.0233 e. The minimum absolute atomic E-state index is 1.11. The van der Waals surface area contributed by atoms with Gasteiger partial charge in [-0.3, -0.25) is 4.90 Å². The lowest BCUT2D eigenvalue weighted by Gasteiger charge is -2.14. The van der Waals surface area contributed by atoms with Crippen molar-refractivity contribution in [1.29, 1.82) is 0 Å². The molecule has 1 fully saturated rings. The van der Waals surface area contributed by atoms with E-state index in [1.807, 2.05) is 0 Å². The molecular formula is C12H16N. The van der Waals surface area contributed by atoms with E-state index in [9.17, 15) is 0 Å². The second-order valence-corrected chi connectivity index (χ2v) is 3.90. The Morgan fingerprint density at radius 3 is 2.62 bits per heavy atom. The van der Waals surface area contributed by atoms with E-state index in [1.165, 1.54) is 25.1 Å². The summed E-state index contributed by atoms with van der Waals surface area (Å²) in [6, 6.07) is 10.7. The monoisotopic (exact) mass is 174 g/mol. The Bertz CT molecular complexity index is 255. The first-order valence-electron chi connectivity index (χ1n) is 4.92. The zero-order valence-corrected chi connectivity index (χ0v) is 8.16. The van der Waals surface area contributed by atoms with Gasteiger partial charge in [-0.2, -0.15) is 0 Å². The Kier molecular flexibility index (Phi) is 2.65. The van der Waals surface area contributed by atoms with Crippen LogP contribution in [0.15, 0.2) is 30.3 Å². The Hall–Kier alpha value is -0.820. The van der Waals surface area contributed by atoms with E-state index in [0.717, 1.165) is 6.54 Å². The average molecular weight is 174 g/mol. The van der Waals surface area contributed by atoms with Crippen LogP contribution in [0.25, 0.3) is 0 Å². The minimum Gasteiger partial charge on any atom is -0.298 e. The summed E-state index contributed by atoms with van der Waals surface area (Å²) >= 11 is 0. The van der Waals surface area contributed by atoms with Crippen molar-refractivity contribution in [2.75, 3.05) is 13.1 Å². The summed E-state index contributed by atoms with van der Waals surface area (Å²) < 4.78 is 0. The summed E-state index contributed by atoms with van der Waals surface area (Å²) in [5, 5.41) is 0. The number of hydrogen-bond donors (Lipinski definition) is 0. The van der Waals surface area contributed by atoms with Crippen molar-refractivity contribution < 1.29 is 0 Å². The van der Waals surface area contributed by atoms with Gasteiger partial charge in [-0.1, -0.05) is 37.3 Å². The predicted molar refractivity (Wildman–Crippen MR) is 55.3 cm³/mol. The molecule has 2 rings (SSSR count). The van der Waals surface area contributed by atoms with Crippen LogP contribution in [0.1, 0.15) is 18.9 Å². The summed E-state index contributed by atoms with van der Waals surface area (Å²) in [6.45, 7) is 5.79. The maximum atomic E-state index is 2.50. The second kappa shape index (κ2) is 3.93. The summed E-state index contributed by atoms with van der Waals surface area (Å²) in [5.74, 6) is 1.62. The molecule has 0 unspecified atom stereocenters. The second-order valence-electron chi connectivity index (χ2n) is 3.90. The lowest BCUT2D eigenvalue weighted by Crippen LogP contribution is -2.19. The van der Waals surface area contributed by atoms with Gasteiger partial charge in [-0.05, 0) is 24.4 Å². The highest BCUT2D eigenvalue weighted by atomic mass is 15.1. The zero-order chi connectivity index (χ0) is 9.10. The molecule has 0 N–H and O–H groups in total. The molecule has 1 heterocycles. The van der Waals surface area contributed by atoms with Gasteiger partial charge in [0.25, 0.3) is 0 Å². The molecule has 0 bridgehead atoms. The van der Waals surface area contributed by atoms with Crippen LogP contribution in [0.3, 0.4) is 0 Å². The minimum atomic E-state index is 1.11. The van der Waals surface area contributed by atoms with E-state index in [2.05, 4.69) is 42.2 Å². The molecule has 1 heteroatoms. The molecule has 0 saturated carbocycles. The van der Waals surface area contributed by atoms with Crippen LogP contribution in [0.4, 0.5) is 0 Å². The SMILES string of the molecule is C[C]1CCN(Cc2ccccc2)C1. The van der Waals surface area contributed by atoms with E-state index in [4.69, 9.17) is 0 Å². The maximum absolute atomic E-state index is 2.50. The van der Waals surface area contributed by atoms with Crippen LogP contribution in [0, 0.1) is 5.92 Å². The number of benzene rings is 1. The molecule has 1 aliphatic rings. The summed E-state index contributed by atoms with van der Waals surface area (Å²) in [6.07, 6.45) is 1.28. The third-order valence-corrected chi connectivity index (χ3v) is 2.60. The smallest absolute Gasteiger partial charge is 0.0233 e. The lowest BCUT2D eigenvalue weighted by molar-refractivity contribution is 0.334. The van der Waals surface area contributed by atoms with Crippen molar-refractivity contribution in [3.63, 3.8) is 0 Å². The fourth-order valence-electron chi connectivity index (χ4n) is 1.87. The number of rotatable bonds is 2. The Labute approximate surface area is 80.4 Å². The molecule has 0 amide bonds. The summed E-state index contributed by atoms with van der Waals surface area (Å²) in [7, 11) is 0. The highest BCUT2D eigenvalue weighted by Crippen LogP contribution is 2.18. The molecule has 0 aliphatic carbocycles. The van der Waals surface area contributed by atoms with Crippen LogP contribution >= 0.6 is 0 Å². The molecule has 1 nitrogen and oxygen atoms in total. The third kappa shape index (κ3) is 2.31. The molecule has 13 heavy (non-hydrogen) atoms. The van der Waals surface area contributed by atoms with Crippen molar-refractivity contribution in [2.45, 2.75) is 19.9 Å². The Balaban J connectivity index is 1.92. The van der Waals surface area contributed by atoms with E-state index in [-0.39, 0.29) is 0 Å². The first-order valence-corrected chi connectivity index (χ1v) is 4.92. The van der Waals surface area contributed by atoms with Gasteiger partial charge >= 0.3 is 0 Å². The average Bonchev–Trinajstić information content (AvgIpc) is 2.53. The molecule has 1 aromatic carbocycles. The van der Waals surface area contributed by atoms with E-state index < -0.39 is 0 Å². The van der Waals surface area contributed by atoms with Gasteiger partial charge in [0, 0.05) is 13.1 Å². The largest absolute Gasteiger partial charge is 0.298 e. The molecule has 1 saturated heterocycles. The van der Waals surface area contributed by atoms with Gasteiger partial charge < -0.3 is 0 Å². The van der Waals surface area contributed by atoms with Crippen LogP contribution in [0.5, 0.6) is 0 Å². The zero-order valence-electron chi connectivity index (χ0n) is 8.16. The van der Waals surface area contributed by atoms with E-state index >= 15 is 0 Å². The molecule has 0 atom stereocenters. The molecule has 69 valence electrons. The van der Waals surface area contributed by atoms with Gasteiger partial charge in [-0.25, -0.2) is 0 Å². The number of nitrogens with zero attached hydrogens (tertiary/aromatic N) is 1. The van der Waals surface area contributed by atoms with Crippen molar-refractivity contribution in [1.82, 2.24) is 4.90 Å². The molecule has 0 spiro atoms. The number of likely N-dealkylation sites (tertiary alicyclic amines) is 1. The van der Waals surface area contributed by atoms with E-state index in [0.29, 0.717) is 0 Å². The quantitative estimate of drug-likeness (QED) is 0.666. The fourth-order valence-corrected chi connectivity index (χ4v) is 1.87. The highest BCUT2D eigenvalue weighted by Gasteiger charge is 2.18. The highest BCUT2D eigenvalue weighted by molar-refractivity contribution is 5.15. The van der Waals surface area contributed by atoms with Crippen LogP contribution in [-0.4, -0.2) is 18.0 Å². The first-order chi connectivity index (χ1) is 6.34. The van der Waals surface area contributed by atoms with Crippen molar-refractivity contribution in [3.05, 3.63) is 41.8 Å². The standard InChI is InChI=1S/C12H16N/c1-11-7-8-13(9-11)10-12-5-3-2-4-6-12/h2-6H,7-10H2,1H3. The third-order valence-electron chi connectivity index (χ3n) is 2.60. The first kappa shape index (κ1) is 8.76. The van der Waals surface area contributed by atoms with Crippen molar-refractivity contribution in [2.24, 2.45) is 0 Å². The molecule has 1 aliphatic heterocycles. The van der Waals surface area contributed by atoms with Crippen molar-refractivity contribution >= 4 is 0 Å². The summed E-state index contributed by atoms with van der Waals surface area (Å²) in [4.78, 5) is 2.50. The van der Waals surface area contributed by atoms with Gasteiger partial charge in [0.15, 0.2) is 0 Å². The predicted octanol–water partition coefficient (Wildman–Crippen LogP) is 2.49. The molecule has 0 aromatic heterocycles.